The normalized spacial score (nSPS) is 12.0. The molecule has 7 aromatic carbocycles. The number of fused-ring (bicyclic) bond motifs is 3. The van der Waals surface area contributed by atoms with E-state index in [1.165, 1.54) is 33.7 Å². The summed E-state index contributed by atoms with van der Waals surface area (Å²) >= 11 is 0. The van der Waals surface area contributed by atoms with Crippen LogP contribution in [0.3, 0.4) is 0 Å². The molecule has 1 nitrogen and oxygen atoms in total. The minimum Gasteiger partial charge on any atom is -0.310 e. The lowest BCUT2D eigenvalue weighted by Crippen LogP contribution is -2.11. The number of alkyl halides is 3. The molecule has 0 amide bonds. The van der Waals surface area contributed by atoms with Crippen molar-refractivity contribution in [2.75, 3.05) is 4.90 Å². The molecule has 0 saturated heterocycles. The van der Waals surface area contributed by atoms with E-state index >= 15 is 0 Å². The van der Waals surface area contributed by atoms with Crippen molar-refractivity contribution in [1.82, 2.24) is 0 Å². The summed E-state index contributed by atoms with van der Waals surface area (Å²) in [6.45, 7) is 0. The van der Waals surface area contributed by atoms with Crippen LogP contribution in [0.25, 0.3) is 44.5 Å². The molecule has 0 aliphatic carbocycles. The molecule has 0 aromatic heterocycles. The number of halogens is 3. The molecule has 0 aliphatic rings. The molecule has 7 rings (SSSR count). The van der Waals surface area contributed by atoms with E-state index in [2.05, 4.69) is 66.7 Å². The molecule has 0 heterocycles. The molecule has 0 spiro atoms. The van der Waals surface area contributed by atoms with Gasteiger partial charge in [0.1, 0.15) is 0 Å². The third kappa shape index (κ3) is 5.35. The van der Waals surface area contributed by atoms with E-state index in [-0.39, 0.29) is 0 Å². The van der Waals surface area contributed by atoms with Crippen LogP contribution in [0.4, 0.5) is 30.2 Å². The maximum absolute atomic E-state index is 13.3. The van der Waals surface area contributed by atoms with Gasteiger partial charge in [-0.25, -0.2) is 0 Å². The van der Waals surface area contributed by atoms with Crippen LogP contribution in [0.1, 0.15) is 16.7 Å². The molecule has 0 aliphatic heterocycles. The summed E-state index contributed by atoms with van der Waals surface area (Å²) in [5.74, 6) is 0. The average molecular weight is 566 g/mol. The highest BCUT2D eigenvalue weighted by atomic mass is 19.4. The third-order valence-corrected chi connectivity index (χ3v) is 7.81. The zero-order chi connectivity index (χ0) is 29.4. The Labute approximate surface area is 247 Å². The molecular formula is C39H26F3N. The molecule has 208 valence electrons. The van der Waals surface area contributed by atoms with Crippen LogP contribution >= 0.6 is 0 Å². The molecule has 0 unspecified atom stereocenters. The molecule has 0 fully saturated rings. The maximum Gasteiger partial charge on any atom is 0.416 e. The van der Waals surface area contributed by atoms with Gasteiger partial charge in [-0.05, 0) is 98.7 Å². The van der Waals surface area contributed by atoms with Crippen LogP contribution in [0.2, 0.25) is 0 Å². The highest BCUT2D eigenvalue weighted by molar-refractivity contribution is 6.00. The zero-order valence-corrected chi connectivity index (χ0v) is 23.1. The first-order chi connectivity index (χ1) is 20.9. The summed E-state index contributed by atoms with van der Waals surface area (Å²) in [6, 6.07) is 46.7. The number of benzene rings is 7. The first-order valence-electron chi connectivity index (χ1n) is 14.1. The topological polar surface area (TPSA) is 3.24 Å². The lowest BCUT2D eigenvalue weighted by atomic mass is 10.0. The largest absolute Gasteiger partial charge is 0.416 e. The standard InChI is InChI=1S/C39H26F3N/c40-39(41,42)34-18-22-36(23-19-34)43(38-11-5-9-29-6-3-4-10-37(29)38)35-20-15-27(16-21-35)12-13-28-14-17-32-25-30-7-1-2-8-31(30)26-33(32)24-28/h1-26H. The van der Waals surface area contributed by atoms with Crippen molar-refractivity contribution < 1.29 is 13.2 Å². The highest BCUT2D eigenvalue weighted by Gasteiger charge is 2.30. The Balaban J connectivity index is 1.23. The van der Waals surface area contributed by atoms with Crippen molar-refractivity contribution in [3.8, 4) is 0 Å². The number of anilines is 3. The van der Waals surface area contributed by atoms with Crippen LogP contribution in [-0.2, 0) is 6.18 Å². The fourth-order valence-corrected chi connectivity index (χ4v) is 5.62. The first kappa shape index (κ1) is 26.5. The number of hydrogen-bond donors (Lipinski definition) is 0. The lowest BCUT2D eigenvalue weighted by Gasteiger charge is -2.27. The van der Waals surface area contributed by atoms with Crippen molar-refractivity contribution in [1.29, 1.82) is 0 Å². The predicted molar refractivity (Wildman–Crippen MR) is 174 cm³/mol. The van der Waals surface area contributed by atoms with Crippen LogP contribution < -0.4 is 4.90 Å². The minimum absolute atomic E-state index is 0.649. The summed E-state index contributed by atoms with van der Waals surface area (Å²) in [7, 11) is 0. The Bertz CT molecular complexity index is 2100. The summed E-state index contributed by atoms with van der Waals surface area (Å²) in [6.07, 6.45) is -0.218. The van der Waals surface area contributed by atoms with E-state index in [0.717, 1.165) is 45.4 Å². The van der Waals surface area contributed by atoms with E-state index in [0.29, 0.717) is 5.69 Å². The molecule has 0 N–H and O–H groups in total. The Morgan fingerprint density at radius 3 is 1.67 bits per heavy atom. The highest BCUT2D eigenvalue weighted by Crippen LogP contribution is 2.40. The Kier molecular flexibility index (Phi) is 6.67. The van der Waals surface area contributed by atoms with Crippen molar-refractivity contribution in [2.24, 2.45) is 0 Å². The van der Waals surface area contributed by atoms with Crippen molar-refractivity contribution >= 4 is 61.5 Å². The Morgan fingerprint density at radius 1 is 0.442 bits per heavy atom. The maximum atomic E-state index is 13.3. The molecule has 0 saturated carbocycles. The van der Waals surface area contributed by atoms with Gasteiger partial charge in [-0.15, -0.1) is 0 Å². The van der Waals surface area contributed by atoms with Gasteiger partial charge in [-0.2, -0.15) is 13.2 Å². The van der Waals surface area contributed by atoms with Crippen LogP contribution in [0.5, 0.6) is 0 Å². The molecule has 0 radical (unpaired) electrons. The smallest absolute Gasteiger partial charge is 0.310 e. The molecular weight excluding hydrogens is 539 g/mol. The number of rotatable bonds is 5. The van der Waals surface area contributed by atoms with Gasteiger partial charge in [0.15, 0.2) is 0 Å². The second-order valence-corrected chi connectivity index (χ2v) is 10.6. The van der Waals surface area contributed by atoms with E-state index in [9.17, 15) is 13.2 Å². The summed E-state index contributed by atoms with van der Waals surface area (Å²) in [4.78, 5) is 2.00. The Hall–Kier alpha value is -5.35. The fourth-order valence-electron chi connectivity index (χ4n) is 5.62. The van der Waals surface area contributed by atoms with Crippen molar-refractivity contribution in [3.05, 3.63) is 162 Å². The van der Waals surface area contributed by atoms with Gasteiger partial charge >= 0.3 is 6.18 Å². The summed E-state index contributed by atoms with van der Waals surface area (Å²) < 4.78 is 40.0. The minimum atomic E-state index is -4.39. The third-order valence-electron chi connectivity index (χ3n) is 7.81. The van der Waals surface area contributed by atoms with Gasteiger partial charge in [0.25, 0.3) is 0 Å². The van der Waals surface area contributed by atoms with Crippen LogP contribution in [0.15, 0.2) is 146 Å². The molecule has 4 heteroatoms. The fraction of sp³-hybridized carbons (Fsp3) is 0.0256. The second kappa shape index (κ2) is 10.8. The Morgan fingerprint density at radius 2 is 0.977 bits per heavy atom. The van der Waals surface area contributed by atoms with E-state index in [4.69, 9.17) is 0 Å². The molecule has 0 bridgehead atoms. The first-order valence-corrected chi connectivity index (χ1v) is 14.1. The van der Waals surface area contributed by atoms with Crippen molar-refractivity contribution in [2.45, 2.75) is 6.18 Å². The molecule has 43 heavy (non-hydrogen) atoms. The SMILES string of the molecule is FC(F)(F)c1ccc(N(c2ccc(C=Cc3ccc4cc5ccccc5cc4c3)cc2)c2cccc3ccccc23)cc1. The van der Waals surface area contributed by atoms with Gasteiger partial charge in [0.05, 0.1) is 11.3 Å². The quantitative estimate of drug-likeness (QED) is 0.148. The van der Waals surface area contributed by atoms with Gasteiger partial charge in [0.2, 0.25) is 0 Å². The molecule has 7 aromatic rings. The van der Waals surface area contributed by atoms with E-state index in [1.807, 2.05) is 71.6 Å². The van der Waals surface area contributed by atoms with Crippen LogP contribution in [-0.4, -0.2) is 0 Å². The number of nitrogens with zero attached hydrogens (tertiary/aromatic N) is 1. The van der Waals surface area contributed by atoms with Gasteiger partial charge in [0, 0.05) is 16.8 Å². The lowest BCUT2D eigenvalue weighted by molar-refractivity contribution is -0.137. The summed E-state index contributed by atoms with van der Waals surface area (Å²) in [5.41, 5.74) is 3.85. The summed E-state index contributed by atoms with van der Waals surface area (Å²) in [5, 5.41) is 6.91. The van der Waals surface area contributed by atoms with Crippen molar-refractivity contribution in [3.63, 3.8) is 0 Å². The average Bonchev–Trinajstić information content (AvgIpc) is 3.03. The monoisotopic (exact) mass is 565 g/mol. The zero-order valence-electron chi connectivity index (χ0n) is 23.1. The molecule has 0 atom stereocenters. The van der Waals surface area contributed by atoms with E-state index < -0.39 is 11.7 Å². The van der Waals surface area contributed by atoms with Gasteiger partial charge in [-0.3, -0.25) is 0 Å². The van der Waals surface area contributed by atoms with E-state index in [1.54, 1.807) is 0 Å². The predicted octanol–water partition coefficient (Wildman–Crippen LogP) is 11.8. The number of hydrogen-bond acceptors (Lipinski definition) is 1. The van der Waals surface area contributed by atoms with Gasteiger partial charge < -0.3 is 4.90 Å². The van der Waals surface area contributed by atoms with Gasteiger partial charge in [-0.1, -0.05) is 97.1 Å². The second-order valence-electron chi connectivity index (χ2n) is 10.6. The van der Waals surface area contributed by atoms with Crippen LogP contribution in [0, 0.1) is 0 Å².